The first-order valence-electron chi connectivity index (χ1n) is 6.86. The summed E-state index contributed by atoms with van der Waals surface area (Å²) in [4.78, 5) is 23.9. The van der Waals surface area contributed by atoms with Crippen LogP contribution >= 0.6 is 11.6 Å². The van der Waals surface area contributed by atoms with Crippen LogP contribution in [0.5, 0.6) is 0 Å². The molecule has 0 atom stereocenters. The van der Waals surface area contributed by atoms with Crippen molar-refractivity contribution in [2.75, 3.05) is 18.4 Å². The van der Waals surface area contributed by atoms with Crippen molar-refractivity contribution in [3.8, 4) is 0 Å². The number of nitrogens with one attached hydrogen (secondary N) is 2. The highest BCUT2D eigenvalue weighted by Crippen LogP contribution is 2.21. The second kappa shape index (κ2) is 7.71. The maximum Gasteiger partial charge on any atom is 0.255 e. The Labute approximate surface area is 137 Å². The number of carbonyl (C=O) groups excluding carboxylic acids is 2. The second-order valence-electron chi connectivity index (χ2n) is 4.70. The molecule has 2 amide bonds. The molecule has 7 heteroatoms. The third-order valence-corrected chi connectivity index (χ3v) is 3.32. The standard InChI is InChI=1S/C16H15ClFN3O2/c17-14-9-12(5-6-13(14)16(23)20-8-7-19)21-15(22)10-1-3-11(18)4-2-10/h1-6,9H,7-8,19H2,(H,20,23)(H,21,22). The highest BCUT2D eigenvalue weighted by atomic mass is 35.5. The van der Waals surface area contributed by atoms with E-state index < -0.39 is 11.7 Å². The van der Waals surface area contributed by atoms with Gasteiger partial charge in [-0.1, -0.05) is 11.6 Å². The van der Waals surface area contributed by atoms with Crippen LogP contribution in [0.1, 0.15) is 20.7 Å². The maximum absolute atomic E-state index is 12.8. The average molecular weight is 336 g/mol. The van der Waals surface area contributed by atoms with Crippen LogP contribution in [0.4, 0.5) is 10.1 Å². The number of amides is 2. The van der Waals surface area contributed by atoms with Crippen molar-refractivity contribution in [3.05, 3.63) is 64.4 Å². The number of anilines is 1. The Morgan fingerprint density at radius 3 is 2.39 bits per heavy atom. The van der Waals surface area contributed by atoms with Crippen LogP contribution in [0, 0.1) is 5.82 Å². The fraction of sp³-hybridized carbons (Fsp3) is 0.125. The van der Waals surface area contributed by atoms with Crippen molar-refractivity contribution in [2.45, 2.75) is 0 Å². The molecule has 0 heterocycles. The van der Waals surface area contributed by atoms with Crippen LogP contribution in [0.2, 0.25) is 5.02 Å². The molecule has 0 saturated heterocycles. The number of halogens is 2. The van der Waals surface area contributed by atoms with Gasteiger partial charge in [-0.15, -0.1) is 0 Å². The van der Waals surface area contributed by atoms with Crippen LogP contribution in [0.25, 0.3) is 0 Å². The van der Waals surface area contributed by atoms with E-state index in [-0.39, 0.29) is 10.9 Å². The molecule has 0 unspecified atom stereocenters. The van der Waals surface area contributed by atoms with Gasteiger partial charge < -0.3 is 16.4 Å². The molecule has 2 rings (SSSR count). The van der Waals surface area contributed by atoms with Gasteiger partial charge >= 0.3 is 0 Å². The third kappa shape index (κ3) is 4.51. The monoisotopic (exact) mass is 335 g/mol. The van der Waals surface area contributed by atoms with Gasteiger partial charge in [-0.25, -0.2) is 4.39 Å². The minimum absolute atomic E-state index is 0.205. The summed E-state index contributed by atoms with van der Waals surface area (Å²) in [6, 6.07) is 9.70. The largest absolute Gasteiger partial charge is 0.351 e. The molecule has 0 radical (unpaired) electrons. The molecule has 0 aromatic heterocycles. The lowest BCUT2D eigenvalue weighted by molar-refractivity contribution is 0.0954. The third-order valence-electron chi connectivity index (χ3n) is 3.01. The average Bonchev–Trinajstić information content (AvgIpc) is 2.53. The molecule has 120 valence electrons. The van der Waals surface area contributed by atoms with Crippen molar-refractivity contribution < 1.29 is 14.0 Å². The summed E-state index contributed by atoms with van der Waals surface area (Å²) in [6.07, 6.45) is 0. The van der Waals surface area contributed by atoms with Crippen molar-refractivity contribution in [1.82, 2.24) is 5.32 Å². The summed E-state index contributed by atoms with van der Waals surface area (Å²) in [6.45, 7) is 0.674. The zero-order valence-electron chi connectivity index (χ0n) is 12.1. The zero-order chi connectivity index (χ0) is 16.8. The lowest BCUT2D eigenvalue weighted by Gasteiger charge is -2.09. The Morgan fingerprint density at radius 1 is 1.09 bits per heavy atom. The number of nitrogens with two attached hydrogens (primary N) is 1. The molecule has 0 aliphatic heterocycles. The van der Waals surface area contributed by atoms with E-state index in [2.05, 4.69) is 10.6 Å². The van der Waals surface area contributed by atoms with Gasteiger partial charge in [0, 0.05) is 24.3 Å². The normalized spacial score (nSPS) is 10.2. The Hall–Kier alpha value is -2.44. The molecule has 0 fully saturated rings. The fourth-order valence-electron chi connectivity index (χ4n) is 1.86. The first kappa shape index (κ1) is 16.9. The van der Waals surface area contributed by atoms with Crippen LogP contribution in [-0.4, -0.2) is 24.9 Å². The highest BCUT2D eigenvalue weighted by Gasteiger charge is 2.12. The van der Waals surface area contributed by atoms with Crippen LogP contribution in [0.3, 0.4) is 0 Å². The number of benzene rings is 2. The van der Waals surface area contributed by atoms with E-state index in [1.165, 1.54) is 36.4 Å². The molecule has 0 aliphatic carbocycles. The quantitative estimate of drug-likeness (QED) is 0.784. The van der Waals surface area contributed by atoms with Crippen LogP contribution < -0.4 is 16.4 Å². The molecule has 23 heavy (non-hydrogen) atoms. The molecule has 0 bridgehead atoms. The SMILES string of the molecule is NCCNC(=O)c1ccc(NC(=O)c2ccc(F)cc2)cc1Cl. The van der Waals surface area contributed by atoms with Gasteiger partial charge in [0.2, 0.25) is 0 Å². The van der Waals surface area contributed by atoms with E-state index in [0.717, 1.165) is 0 Å². The second-order valence-corrected chi connectivity index (χ2v) is 5.11. The zero-order valence-corrected chi connectivity index (χ0v) is 12.9. The fourth-order valence-corrected chi connectivity index (χ4v) is 2.13. The summed E-state index contributed by atoms with van der Waals surface area (Å²) < 4.78 is 12.8. The van der Waals surface area contributed by atoms with E-state index in [0.29, 0.717) is 29.9 Å². The van der Waals surface area contributed by atoms with E-state index in [1.807, 2.05) is 0 Å². The Bertz CT molecular complexity index is 720. The van der Waals surface area contributed by atoms with Gasteiger partial charge in [-0.2, -0.15) is 0 Å². The molecule has 0 saturated carbocycles. The van der Waals surface area contributed by atoms with Gasteiger partial charge in [-0.05, 0) is 42.5 Å². The Kier molecular flexibility index (Phi) is 5.67. The summed E-state index contributed by atoms with van der Waals surface area (Å²) >= 11 is 6.06. The smallest absolute Gasteiger partial charge is 0.255 e. The molecule has 4 N–H and O–H groups in total. The summed E-state index contributed by atoms with van der Waals surface area (Å²) in [5, 5.41) is 5.44. The van der Waals surface area contributed by atoms with Crippen molar-refractivity contribution >= 4 is 29.1 Å². The molecule has 5 nitrogen and oxygen atoms in total. The van der Waals surface area contributed by atoms with Crippen LogP contribution in [-0.2, 0) is 0 Å². The molecule has 0 spiro atoms. The van der Waals surface area contributed by atoms with Gasteiger partial charge in [0.25, 0.3) is 11.8 Å². The number of rotatable bonds is 5. The van der Waals surface area contributed by atoms with Crippen molar-refractivity contribution in [3.63, 3.8) is 0 Å². The summed E-state index contributed by atoms with van der Waals surface area (Å²) in [5.41, 5.74) is 6.35. The van der Waals surface area contributed by atoms with Crippen molar-refractivity contribution in [2.24, 2.45) is 5.73 Å². The minimum Gasteiger partial charge on any atom is -0.351 e. The number of carbonyl (C=O) groups is 2. The minimum atomic E-state index is -0.419. The number of hydrogen-bond acceptors (Lipinski definition) is 3. The highest BCUT2D eigenvalue weighted by molar-refractivity contribution is 6.34. The predicted molar refractivity (Wildman–Crippen MR) is 87.2 cm³/mol. The lowest BCUT2D eigenvalue weighted by atomic mass is 10.1. The van der Waals surface area contributed by atoms with E-state index in [1.54, 1.807) is 6.07 Å². The predicted octanol–water partition coefficient (Wildman–Crippen LogP) is 2.42. The Balaban J connectivity index is 2.09. The lowest BCUT2D eigenvalue weighted by Crippen LogP contribution is -2.29. The molecule has 0 aliphatic rings. The van der Waals surface area contributed by atoms with Gasteiger partial charge in [-0.3, -0.25) is 9.59 Å². The summed E-state index contributed by atoms with van der Waals surface area (Å²) in [7, 11) is 0. The van der Waals surface area contributed by atoms with E-state index in [4.69, 9.17) is 17.3 Å². The first-order chi connectivity index (χ1) is 11.0. The van der Waals surface area contributed by atoms with Crippen molar-refractivity contribution in [1.29, 1.82) is 0 Å². The van der Waals surface area contributed by atoms with E-state index >= 15 is 0 Å². The molecule has 2 aromatic rings. The van der Waals surface area contributed by atoms with Gasteiger partial charge in [0.15, 0.2) is 0 Å². The van der Waals surface area contributed by atoms with Gasteiger partial charge in [0.1, 0.15) is 5.82 Å². The first-order valence-corrected chi connectivity index (χ1v) is 7.24. The summed E-state index contributed by atoms with van der Waals surface area (Å²) in [5.74, 6) is -1.16. The molecular weight excluding hydrogens is 321 g/mol. The van der Waals surface area contributed by atoms with Crippen LogP contribution in [0.15, 0.2) is 42.5 Å². The molecular formula is C16H15ClFN3O2. The van der Waals surface area contributed by atoms with Gasteiger partial charge in [0.05, 0.1) is 10.6 Å². The van der Waals surface area contributed by atoms with E-state index in [9.17, 15) is 14.0 Å². The Morgan fingerprint density at radius 2 is 1.78 bits per heavy atom. The topological polar surface area (TPSA) is 84.2 Å². The molecule has 2 aromatic carbocycles. The number of hydrogen-bond donors (Lipinski definition) is 3. The maximum atomic E-state index is 12.8.